The largest absolute Gasteiger partial charge is 0.367 e. The molecule has 1 aromatic heterocycles. The lowest BCUT2D eigenvalue weighted by Gasteiger charge is -2.06. The van der Waals surface area contributed by atoms with Crippen LogP contribution in [0.5, 0.6) is 0 Å². The quantitative estimate of drug-likeness (QED) is 0.799. The summed E-state index contributed by atoms with van der Waals surface area (Å²) in [6.07, 6.45) is 3.81. The average molecular weight is 238 g/mol. The Labute approximate surface area is 106 Å². The summed E-state index contributed by atoms with van der Waals surface area (Å²) in [4.78, 5) is 4.45. The molecule has 4 heteroatoms. The smallest absolute Gasteiger partial charge is 0.128 e. The minimum Gasteiger partial charge on any atom is -0.367 e. The van der Waals surface area contributed by atoms with E-state index < -0.39 is 0 Å². The van der Waals surface area contributed by atoms with E-state index >= 15 is 0 Å². The van der Waals surface area contributed by atoms with Crippen molar-refractivity contribution < 1.29 is 0 Å². The zero-order valence-corrected chi connectivity index (χ0v) is 9.93. The van der Waals surface area contributed by atoms with Crippen molar-refractivity contribution >= 4 is 16.7 Å². The molecule has 0 bridgehead atoms. The molecule has 0 spiro atoms. The molecule has 18 heavy (non-hydrogen) atoms. The van der Waals surface area contributed by atoms with Gasteiger partial charge in [-0.15, -0.1) is 0 Å². The molecule has 0 atom stereocenters. The second kappa shape index (κ2) is 5.80. The Bertz CT molecular complexity index is 611. The van der Waals surface area contributed by atoms with Gasteiger partial charge in [0.2, 0.25) is 0 Å². The van der Waals surface area contributed by atoms with Gasteiger partial charge >= 0.3 is 0 Å². The van der Waals surface area contributed by atoms with Gasteiger partial charge in [-0.1, -0.05) is 30.4 Å². The van der Waals surface area contributed by atoms with Gasteiger partial charge < -0.3 is 11.1 Å². The topological polar surface area (TPSA) is 74.7 Å². The molecule has 0 saturated heterocycles. The molecule has 0 aliphatic carbocycles. The van der Waals surface area contributed by atoms with Crippen LogP contribution in [0.1, 0.15) is 5.56 Å². The lowest BCUT2D eigenvalue weighted by molar-refractivity contribution is 1.21. The zero-order chi connectivity index (χ0) is 12.8. The predicted molar refractivity (Wildman–Crippen MR) is 73.1 cm³/mol. The maximum Gasteiger partial charge on any atom is 0.128 e. The minimum absolute atomic E-state index is 0.524. The van der Waals surface area contributed by atoms with E-state index in [1.807, 2.05) is 36.4 Å². The van der Waals surface area contributed by atoms with Crippen molar-refractivity contribution in [2.75, 3.05) is 18.4 Å². The van der Waals surface area contributed by atoms with E-state index in [0.29, 0.717) is 24.5 Å². The molecule has 0 aliphatic heterocycles. The first-order chi connectivity index (χ1) is 8.85. The third kappa shape index (κ3) is 2.65. The summed E-state index contributed by atoms with van der Waals surface area (Å²) in [5, 5.41) is 13.2. The van der Waals surface area contributed by atoms with Crippen LogP contribution in [-0.2, 0) is 0 Å². The van der Waals surface area contributed by atoms with E-state index in [0.717, 1.165) is 10.9 Å². The molecular weight excluding hydrogens is 224 g/mol. The molecule has 2 rings (SSSR count). The number of aromatic nitrogens is 1. The molecule has 4 nitrogen and oxygen atoms in total. The highest BCUT2D eigenvalue weighted by atomic mass is 15.0. The van der Waals surface area contributed by atoms with Crippen molar-refractivity contribution in [1.29, 1.82) is 5.26 Å². The molecule has 0 aliphatic rings. The van der Waals surface area contributed by atoms with Crippen molar-refractivity contribution in [3.63, 3.8) is 0 Å². The van der Waals surface area contributed by atoms with Gasteiger partial charge in [-0.05, 0) is 12.1 Å². The van der Waals surface area contributed by atoms with Crippen LogP contribution in [0.2, 0.25) is 0 Å². The van der Waals surface area contributed by atoms with Gasteiger partial charge in [-0.2, -0.15) is 5.26 Å². The summed E-state index contributed by atoms with van der Waals surface area (Å²) in [5.41, 5.74) is 6.81. The number of nitrogens with one attached hydrogen (secondary N) is 1. The minimum atomic E-state index is 0.524. The first-order valence-electron chi connectivity index (χ1n) is 5.74. The predicted octanol–water partition coefficient (Wildman–Crippen LogP) is 2.03. The summed E-state index contributed by atoms with van der Waals surface area (Å²) >= 11 is 0. The van der Waals surface area contributed by atoms with Crippen LogP contribution in [0.4, 0.5) is 5.82 Å². The monoisotopic (exact) mass is 238 g/mol. The number of para-hydroxylation sites is 1. The van der Waals surface area contributed by atoms with E-state index in [9.17, 15) is 0 Å². The number of nitriles is 1. The highest BCUT2D eigenvalue weighted by Gasteiger charge is 2.03. The van der Waals surface area contributed by atoms with Crippen LogP contribution in [0, 0.1) is 11.3 Å². The third-order valence-electron chi connectivity index (χ3n) is 2.54. The normalized spacial score (nSPS) is 10.7. The summed E-state index contributed by atoms with van der Waals surface area (Å²) in [7, 11) is 0. The maximum absolute atomic E-state index is 9.13. The first-order valence-corrected chi connectivity index (χ1v) is 5.74. The van der Waals surface area contributed by atoms with Gasteiger partial charge in [0.15, 0.2) is 0 Å². The number of nitrogens with zero attached hydrogens (tertiary/aromatic N) is 2. The van der Waals surface area contributed by atoms with E-state index in [2.05, 4.69) is 16.4 Å². The van der Waals surface area contributed by atoms with Crippen LogP contribution in [0.25, 0.3) is 10.9 Å². The van der Waals surface area contributed by atoms with E-state index in [1.54, 1.807) is 6.07 Å². The zero-order valence-electron chi connectivity index (χ0n) is 9.93. The Morgan fingerprint density at radius 1 is 1.33 bits per heavy atom. The van der Waals surface area contributed by atoms with Crippen LogP contribution in [0.3, 0.4) is 0 Å². The number of pyridine rings is 1. The molecule has 1 aromatic carbocycles. The van der Waals surface area contributed by atoms with E-state index in [1.165, 1.54) is 0 Å². The molecule has 0 amide bonds. The van der Waals surface area contributed by atoms with Crippen LogP contribution >= 0.6 is 0 Å². The second-order valence-corrected chi connectivity index (χ2v) is 3.77. The Hall–Kier alpha value is -2.38. The summed E-state index contributed by atoms with van der Waals surface area (Å²) in [6, 6.07) is 11.6. The number of hydrogen-bond acceptors (Lipinski definition) is 4. The first kappa shape index (κ1) is 12.1. The molecule has 0 unspecified atom stereocenters. The van der Waals surface area contributed by atoms with Crippen molar-refractivity contribution in [3.05, 3.63) is 48.0 Å². The highest BCUT2D eigenvalue weighted by Crippen LogP contribution is 2.19. The lowest BCUT2D eigenvalue weighted by atomic mass is 10.1. The van der Waals surface area contributed by atoms with Crippen molar-refractivity contribution in [2.24, 2.45) is 5.73 Å². The Morgan fingerprint density at radius 2 is 2.17 bits per heavy atom. The number of fused-ring (bicyclic) bond motifs is 1. The van der Waals surface area contributed by atoms with Crippen LogP contribution in [0.15, 0.2) is 42.5 Å². The average Bonchev–Trinajstić information content (AvgIpc) is 2.42. The molecule has 0 radical (unpaired) electrons. The number of benzene rings is 1. The second-order valence-electron chi connectivity index (χ2n) is 3.77. The lowest BCUT2D eigenvalue weighted by Crippen LogP contribution is -2.02. The maximum atomic E-state index is 9.13. The van der Waals surface area contributed by atoms with Gasteiger partial charge in [-0.3, -0.25) is 0 Å². The van der Waals surface area contributed by atoms with Crippen LogP contribution < -0.4 is 11.1 Å². The number of nitrogens with two attached hydrogens (primary N) is 1. The molecule has 2 aromatic rings. The molecule has 0 saturated carbocycles. The number of hydrogen-bond donors (Lipinski definition) is 2. The SMILES string of the molecule is N#Cc1cc(NC/C=C/CN)nc2ccccc12. The Balaban J connectivity index is 2.30. The Kier molecular flexibility index (Phi) is 3.90. The standard InChI is InChI=1S/C14H14N4/c15-7-3-4-8-17-14-9-11(10-16)12-5-1-2-6-13(12)18-14/h1-6,9H,7-8,15H2,(H,17,18)/b4-3+. The van der Waals surface area contributed by atoms with Gasteiger partial charge in [0.05, 0.1) is 17.1 Å². The third-order valence-corrected chi connectivity index (χ3v) is 2.54. The molecule has 90 valence electrons. The van der Waals surface area contributed by atoms with E-state index in [-0.39, 0.29) is 0 Å². The Morgan fingerprint density at radius 3 is 2.94 bits per heavy atom. The van der Waals surface area contributed by atoms with E-state index in [4.69, 9.17) is 11.0 Å². The summed E-state index contributed by atoms with van der Waals surface area (Å²) in [6.45, 7) is 1.17. The van der Waals surface area contributed by atoms with Crippen molar-refractivity contribution in [1.82, 2.24) is 4.98 Å². The molecule has 3 N–H and O–H groups in total. The van der Waals surface area contributed by atoms with Gasteiger partial charge in [-0.25, -0.2) is 4.98 Å². The van der Waals surface area contributed by atoms with Crippen molar-refractivity contribution in [2.45, 2.75) is 0 Å². The number of anilines is 1. The molecule has 0 fully saturated rings. The summed E-state index contributed by atoms with van der Waals surface area (Å²) < 4.78 is 0. The number of rotatable bonds is 4. The molecule has 1 heterocycles. The van der Waals surface area contributed by atoms with Gasteiger partial charge in [0.1, 0.15) is 5.82 Å². The highest BCUT2D eigenvalue weighted by molar-refractivity contribution is 5.86. The molecular formula is C14H14N4. The fourth-order valence-corrected chi connectivity index (χ4v) is 1.70. The summed E-state index contributed by atoms with van der Waals surface area (Å²) in [5.74, 6) is 0.701. The van der Waals surface area contributed by atoms with Gasteiger partial charge in [0.25, 0.3) is 0 Å². The fourth-order valence-electron chi connectivity index (χ4n) is 1.70. The fraction of sp³-hybridized carbons (Fsp3) is 0.143. The van der Waals surface area contributed by atoms with Crippen LogP contribution in [-0.4, -0.2) is 18.1 Å². The van der Waals surface area contributed by atoms with Crippen molar-refractivity contribution in [3.8, 4) is 6.07 Å². The van der Waals surface area contributed by atoms with Gasteiger partial charge in [0, 0.05) is 18.5 Å².